The summed E-state index contributed by atoms with van der Waals surface area (Å²) in [6.07, 6.45) is 1.79. The number of benzene rings is 2. The Balaban J connectivity index is 1.37. The summed E-state index contributed by atoms with van der Waals surface area (Å²) in [5, 5.41) is 0. The van der Waals surface area contributed by atoms with E-state index in [-0.39, 0.29) is 5.78 Å². The number of carbonyl (C=O) groups excluding carboxylic acids is 1. The number of nitrogens with zero attached hydrogens (tertiary/aromatic N) is 3. The van der Waals surface area contributed by atoms with Crippen LogP contribution in [0.4, 0.5) is 5.82 Å². The number of methoxy groups -OCH3 is 2. The smallest absolute Gasteiger partial charge is 0.174 e. The summed E-state index contributed by atoms with van der Waals surface area (Å²) in [6, 6.07) is 13.9. The fourth-order valence-electron chi connectivity index (χ4n) is 4.86. The van der Waals surface area contributed by atoms with E-state index in [1.54, 1.807) is 26.4 Å². The van der Waals surface area contributed by atoms with E-state index in [9.17, 15) is 4.79 Å². The van der Waals surface area contributed by atoms with Crippen molar-refractivity contribution < 1.29 is 19.0 Å². The number of anilines is 1. The molecule has 3 heterocycles. The monoisotopic (exact) mass is 459 g/mol. The van der Waals surface area contributed by atoms with E-state index in [1.807, 2.05) is 13.0 Å². The van der Waals surface area contributed by atoms with E-state index in [0.29, 0.717) is 29.2 Å². The van der Waals surface area contributed by atoms with Gasteiger partial charge in [-0.3, -0.25) is 4.79 Å². The molecule has 0 bridgehead atoms. The first-order valence-corrected chi connectivity index (χ1v) is 11.6. The standard InChI is InChI=1S/C27H29N3O4/c1-17-5-7-19(8-6-17)21-15-25(29-18(2)28-21)30-11-9-27(10-12-30)16-22(31)26-23(33-4)13-20(32-3)14-24(26)34-27/h5-8,13-15H,9-12,16H2,1-4H3. The Morgan fingerprint density at radius 1 is 0.971 bits per heavy atom. The van der Waals surface area contributed by atoms with Crippen molar-refractivity contribution in [2.24, 2.45) is 0 Å². The summed E-state index contributed by atoms with van der Waals surface area (Å²) in [7, 11) is 3.15. The lowest BCUT2D eigenvalue weighted by Crippen LogP contribution is -2.51. The van der Waals surface area contributed by atoms with Crippen molar-refractivity contribution in [2.45, 2.75) is 38.7 Å². The lowest BCUT2D eigenvalue weighted by molar-refractivity contribution is 0.0225. The fraction of sp³-hybridized carbons (Fsp3) is 0.370. The highest BCUT2D eigenvalue weighted by Gasteiger charge is 2.44. The van der Waals surface area contributed by atoms with E-state index in [1.165, 1.54) is 5.56 Å². The third kappa shape index (κ3) is 4.06. The van der Waals surface area contributed by atoms with Crippen LogP contribution in [0.5, 0.6) is 17.2 Å². The molecule has 5 rings (SSSR count). The second-order valence-electron chi connectivity index (χ2n) is 9.10. The number of rotatable bonds is 4. The van der Waals surface area contributed by atoms with Gasteiger partial charge in [0.15, 0.2) is 5.78 Å². The number of hydrogen-bond donors (Lipinski definition) is 0. The Labute approximate surface area is 199 Å². The van der Waals surface area contributed by atoms with Gasteiger partial charge in [0.1, 0.15) is 40.1 Å². The summed E-state index contributed by atoms with van der Waals surface area (Å²) in [4.78, 5) is 24.7. The molecule has 1 fully saturated rings. The molecule has 2 aliphatic heterocycles. The zero-order valence-electron chi connectivity index (χ0n) is 20.1. The van der Waals surface area contributed by atoms with Crippen molar-refractivity contribution >= 4 is 11.6 Å². The zero-order valence-corrected chi connectivity index (χ0v) is 20.1. The molecule has 0 saturated carbocycles. The number of carbonyl (C=O) groups is 1. The van der Waals surface area contributed by atoms with Gasteiger partial charge in [-0.25, -0.2) is 9.97 Å². The van der Waals surface area contributed by atoms with Crippen LogP contribution in [0, 0.1) is 13.8 Å². The van der Waals surface area contributed by atoms with Crippen LogP contribution in [0.2, 0.25) is 0 Å². The number of hydrogen-bond acceptors (Lipinski definition) is 7. The van der Waals surface area contributed by atoms with Gasteiger partial charge in [0, 0.05) is 49.7 Å². The molecule has 7 heteroatoms. The molecule has 3 aromatic rings. The van der Waals surface area contributed by atoms with E-state index >= 15 is 0 Å². The van der Waals surface area contributed by atoms with Crippen molar-refractivity contribution in [3.8, 4) is 28.5 Å². The highest BCUT2D eigenvalue weighted by molar-refractivity contribution is 6.03. The molecule has 0 amide bonds. The lowest BCUT2D eigenvalue weighted by atomic mass is 9.82. The van der Waals surface area contributed by atoms with Crippen molar-refractivity contribution in [1.82, 2.24) is 9.97 Å². The minimum absolute atomic E-state index is 0.0498. The molecule has 1 spiro atoms. The normalized spacial score (nSPS) is 16.7. The van der Waals surface area contributed by atoms with E-state index < -0.39 is 5.60 Å². The average Bonchev–Trinajstić information content (AvgIpc) is 2.83. The van der Waals surface area contributed by atoms with Crippen LogP contribution in [-0.2, 0) is 0 Å². The first kappa shape index (κ1) is 22.2. The lowest BCUT2D eigenvalue weighted by Gasteiger charge is -2.44. The summed E-state index contributed by atoms with van der Waals surface area (Å²) < 4.78 is 17.3. The van der Waals surface area contributed by atoms with E-state index in [4.69, 9.17) is 19.2 Å². The van der Waals surface area contributed by atoms with Crippen LogP contribution in [0.3, 0.4) is 0 Å². The van der Waals surface area contributed by atoms with E-state index in [2.05, 4.69) is 41.1 Å². The summed E-state index contributed by atoms with van der Waals surface area (Å²) in [5.74, 6) is 3.34. The minimum atomic E-state index is -0.528. The van der Waals surface area contributed by atoms with Gasteiger partial charge in [-0.1, -0.05) is 29.8 Å². The molecule has 34 heavy (non-hydrogen) atoms. The maximum Gasteiger partial charge on any atom is 0.174 e. The first-order valence-electron chi connectivity index (χ1n) is 11.6. The van der Waals surface area contributed by atoms with Crippen LogP contribution in [0.25, 0.3) is 11.3 Å². The molecule has 1 aromatic heterocycles. The van der Waals surface area contributed by atoms with Gasteiger partial charge in [-0.15, -0.1) is 0 Å². The molecule has 1 saturated heterocycles. The van der Waals surface area contributed by atoms with Crippen LogP contribution < -0.4 is 19.1 Å². The molecule has 0 unspecified atom stereocenters. The molecule has 0 radical (unpaired) electrons. The Hall–Kier alpha value is -3.61. The minimum Gasteiger partial charge on any atom is -0.496 e. The van der Waals surface area contributed by atoms with Gasteiger partial charge in [-0.05, 0) is 13.8 Å². The molecular weight excluding hydrogens is 430 g/mol. The van der Waals surface area contributed by atoms with Crippen LogP contribution >= 0.6 is 0 Å². The summed E-state index contributed by atoms with van der Waals surface area (Å²) in [6.45, 7) is 5.49. The molecule has 2 aliphatic rings. The molecule has 0 atom stereocenters. The van der Waals surface area contributed by atoms with Crippen molar-refractivity contribution in [3.63, 3.8) is 0 Å². The Morgan fingerprint density at radius 2 is 1.71 bits per heavy atom. The average molecular weight is 460 g/mol. The number of piperidine rings is 1. The summed E-state index contributed by atoms with van der Waals surface area (Å²) in [5.41, 5.74) is 3.19. The highest BCUT2D eigenvalue weighted by atomic mass is 16.5. The fourth-order valence-corrected chi connectivity index (χ4v) is 4.86. The number of aryl methyl sites for hydroxylation is 2. The van der Waals surface area contributed by atoms with Gasteiger partial charge in [-0.2, -0.15) is 0 Å². The SMILES string of the molecule is COc1cc(OC)c2c(c1)OC1(CCN(c3cc(-c4ccc(C)cc4)nc(C)n3)CC1)CC2=O. The molecule has 7 nitrogen and oxygen atoms in total. The van der Waals surface area contributed by atoms with Gasteiger partial charge < -0.3 is 19.1 Å². The van der Waals surface area contributed by atoms with Crippen LogP contribution in [0.1, 0.15) is 41.0 Å². The topological polar surface area (TPSA) is 73.8 Å². The summed E-state index contributed by atoms with van der Waals surface area (Å²) >= 11 is 0. The predicted molar refractivity (Wildman–Crippen MR) is 130 cm³/mol. The van der Waals surface area contributed by atoms with Crippen molar-refractivity contribution in [3.05, 3.63) is 59.4 Å². The predicted octanol–water partition coefficient (Wildman–Crippen LogP) is 4.78. The molecule has 2 aromatic carbocycles. The maximum atomic E-state index is 13.1. The molecule has 0 N–H and O–H groups in total. The molecular formula is C27H29N3O4. The van der Waals surface area contributed by atoms with Crippen LogP contribution in [0.15, 0.2) is 42.5 Å². The Kier molecular flexibility index (Phi) is 5.63. The van der Waals surface area contributed by atoms with Crippen LogP contribution in [-0.4, -0.2) is 48.7 Å². The number of ether oxygens (including phenoxy) is 3. The third-order valence-corrected chi connectivity index (χ3v) is 6.75. The van der Waals surface area contributed by atoms with Gasteiger partial charge >= 0.3 is 0 Å². The third-order valence-electron chi connectivity index (χ3n) is 6.75. The molecule has 176 valence electrons. The number of aromatic nitrogens is 2. The second-order valence-corrected chi connectivity index (χ2v) is 9.10. The first-order chi connectivity index (χ1) is 16.4. The maximum absolute atomic E-state index is 13.1. The second kappa shape index (κ2) is 8.63. The molecule has 0 aliphatic carbocycles. The quantitative estimate of drug-likeness (QED) is 0.556. The van der Waals surface area contributed by atoms with Crippen molar-refractivity contribution in [2.75, 3.05) is 32.2 Å². The van der Waals surface area contributed by atoms with Gasteiger partial charge in [0.25, 0.3) is 0 Å². The van der Waals surface area contributed by atoms with Gasteiger partial charge in [0.2, 0.25) is 0 Å². The Bertz CT molecular complexity index is 1230. The Morgan fingerprint density at radius 3 is 2.38 bits per heavy atom. The zero-order chi connectivity index (χ0) is 23.9. The number of ketones is 1. The van der Waals surface area contributed by atoms with Crippen molar-refractivity contribution in [1.29, 1.82) is 0 Å². The van der Waals surface area contributed by atoms with E-state index in [0.717, 1.165) is 48.8 Å². The van der Waals surface area contributed by atoms with Gasteiger partial charge in [0.05, 0.1) is 26.3 Å². The number of fused-ring (bicyclic) bond motifs is 1. The highest BCUT2D eigenvalue weighted by Crippen LogP contribution is 2.45. The number of Topliss-reactive ketones (excluding diaryl/α,β-unsaturated/α-hetero) is 1. The largest absolute Gasteiger partial charge is 0.496 e.